The highest BCUT2D eigenvalue weighted by molar-refractivity contribution is 5.76. The van der Waals surface area contributed by atoms with Crippen LogP contribution in [0.4, 0.5) is 26.3 Å². The maximum absolute atomic E-state index is 13.1. The highest BCUT2D eigenvalue weighted by Gasteiger charge is 2.31. The molecule has 0 atom stereocenters. The van der Waals surface area contributed by atoms with Crippen LogP contribution in [0.1, 0.15) is 34.2 Å². The number of aromatic nitrogens is 2. The van der Waals surface area contributed by atoms with E-state index in [4.69, 9.17) is 0 Å². The van der Waals surface area contributed by atoms with E-state index in [-0.39, 0.29) is 30.6 Å². The first-order valence-electron chi connectivity index (χ1n) is 9.99. The molecule has 0 aliphatic rings. The van der Waals surface area contributed by atoms with Gasteiger partial charge in [0.05, 0.1) is 17.3 Å². The summed E-state index contributed by atoms with van der Waals surface area (Å²) in [5.74, 6) is -0.395. The molecule has 0 aliphatic carbocycles. The monoisotopic (exact) mass is 469 g/mol. The maximum Gasteiger partial charge on any atom is 0.416 e. The molecule has 1 aromatic heterocycles. The van der Waals surface area contributed by atoms with Crippen LogP contribution in [0.15, 0.2) is 60.9 Å². The van der Waals surface area contributed by atoms with Crippen molar-refractivity contribution in [3.8, 4) is 0 Å². The molecule has 0 unspecified atom stereocenters. The Morgan fingerprint density at radius 1 is 0.879 bits per heavy atom. The molecule has 0 aliphatic heterocycles. The first kappa shape index (κ1) is 24.3. The Balaban J connectivity index is 1.83. The number of carbonyl (C=O) groups excluding carboxylic acids is 1. The van der Waals surface area contributed by atoms with Gasteiger partial charge in [-0.15, -0.1) is 0 Å². The van der Waals surface area contributed by atoms with Crippen LogP contribution in [0.25, 0.3) is 0 Å². The van der Waals surface area contributed by atoms with Gasteiger partial charge in [0.15, 0.2) is 0 Å². The van der Waals surface area contributed by atoms with Crippen molar-refractivity contribution in [2.75, 3.05) is 0 Å². The van der Waals surface area contributed by atoms with Crippen molar-refractivity contribution in [3.63, 3.8) is 0 Å². The SMILES string of the molecule is Cn1cc(CCC(=O)N(Cc2cccc(C(F)(F)F)c2)Cc2cccc(C(F)(F)F)c2)cn1. The quantitative estimate of drug-likeness (QED) is 0.422. The predicted molar refractivity (Wildman–Crippen MR) is 109 cm³/mol. The molecule has 10 heteroatoms. The van der Waals surface area contributed by atoms with Gasteiger partial charge in [-0.05, 0) is 47.4 Å². The molecule has 0 saturated carbocycles. The molecule has 0 bridgehead atoms. The van der Waals surface area contributed by atoms with Crippen LogP contribution in [-0.4, -0.2) is 20.6 Å². The Hall–Kier alpha value is -3.30. The fraction of sp³-hybridized carbons (Fsp3) is 0.304. The predicted octanol–water partition coefficient (Wildman–Crippen LogP) is 5.62. The van der Waals surface area contributed by atoms with E-state index < -0.39 is 29.4 Å². The highest BCUT2D eigenvalue weighted by atomic mass is 19.4. The summed E-state index contributed by atoms with van der Waals surface area (Å²) in [6, 6.07) is 9.09. The lowest BCUT2D eigenvalue weighted by Gasteiger charge is -2.24. The second kappa shape index (κ2) is 9.68. The molecule has 3 aromatic rings. The fourth-order valence-corrected chi connectivity index (χ4v) is 3.38. The third-order valence-corrected chi connectivity index (χ3v) is 4.99. The van der Waals surface area contributed by atoms with E-state index in [0.717, 1.165) is 29.8 Å². The topological polar surface area (TPSA) is 38.1 Å². The van der Waals surface area contributed by atoms with E-state index in [1.807, 2.05) is 0 Å². The molecule has 0 N–H and O–H groups in total. The van der Waals surface area contributed by atoms with E-state index >= 15 is 0 Å². The number of rotatable bonds is 7. The Kier molecular flexibility index (Phi) is 7.14. The fourth-order valence-electron chi connectivity index (χ4n) is 3.38. The molecular weight excluding hydrogens is 448 g/mol. The third-order valence-electron chi connectivity index (χ3n) is 4.99. The largest absolute Gasteiger partial charge is 0.416 e. The lowest BCUT2D eigenvalue weighted by Crippen LogP contribution is -2.30. The number of nitrogens with zero attached hydrogens (tertiary/aromatic N) is 3. The first-order valence-corrected chi connectivity index (χ1v) is 9.99. The van der Waals surface area contributed by atoms with Crippen LogP contribution in [0.5, 0.6) is 0 Å². The van der Waals surface area contributed by atoms with Gasteiger partial charge in [0.25, 0.3) is 0 Å². The number of alkyl halides is 6. The van der Waals surface area contributed by atoms with Gasteiger partial charge in [-0.2, -0.15) is 31.4 Å². The third kappa shape index (κ3) is 6.84. The lowest BCUT2D eigenvalue weighted by atomic mass is 10.1. The normalized spacial score (nSPS) is 12.1. The van der Waals surface area contributed by atoms with Gasteiger partial charge < -0.3 is 4.90 Å². The molecule has 0 spiro atoms. The number of carbonyl (C=O) groups is 1. The van der Waals surface area contributed by atoms with Gasteiger partial charge in [-0.25, -0.2) is 0 Å². The number of halogens is 6. The van der Waals surface area contributed by atoms with Gasteiger partial charge in [0.1, 0.15) is 0 Å². The van der Waals surface area contributed by atoms with Crippen molar-refractivity contribution < 1.29 is 31.1 Å². The van der Waals surface area contributed by atoms with Crippen molar-refractivity contribution in [2.45, 2.75) is 38.3 Å². The summed E-state index contributed by atoms with van der Waals surface area (Å²) in [6.45, 7) is -0.349. The second-order valence-corrected chi connectivity index (χ2v) is 7.67. The molecule has 33 heavy (non-hydrogen) atoms. The molecule has 0 saturated heterocycles. The van der Waals surface area contributed by atoms with Gasteiger partial charge in [0, 0.05) is 32.8 Å². The highest BCUT2D eigenvalue weighted by Crippen LogP contribution is 2.31. The minimum Gasteiger partial charge on any atom is -0.334 e. The summed E-state index contributed by atoms with van der Waals surface area (Å²) >= 11 is 0. The number of aryl methyl sites for hydroxylation is 2. The van der Waals surface area contributed by atoms with Crippen LogP contribution >= 0.6 is 0 Å². The maximum atomic E-state index is 13.1. The van der Waals surface area contributed by atoms with E-state index in [0.29, 0.717) is 6.42 Å². The van der Waals surface area contributed by atoms with Gasteiger partial charge >= 0.3 is 12.4 Å². The number of benzene rings is 2. The summed E-state index contributed by atoms with van der Waals surface area (Å²) in [5.41, 5.74) is -0.467. The lowest BCUT2D eigenvalue weighted by molar-refractivity contribution is -0.138. The molecule has 1 heterocycles. The van der Waals surface area contributed by atoms with E-state index in [1.54, 1.807) is 24.1 Å². The van der Waals surface area contributed by atoms with Crippen LogP contribution in [0, 0.1) is 0 Å². The summed E-state index contributed by atoms with van der Waals surface area (Å²) in [4.78, 5) is 14.2. The van der Waals surface area contributed by atoms with Crippen molar-refractivity contribution >= 4 is 5.91 Å². The second-order valence-electron chi connectivity index (χ2n) is 7.67. The van der Waals surface area contributed by atoms with E-state index in [1.165, 1.54) is 29.2 Å². The Morgan fingerprint density at radius 3 is 1.82 bits per heavy atom. The molecule has 176 valence electrons. The molecule has 3 rings (SSSR count). The zero-order valence-electron chi connectivity index (χ0n) is 17.6. The van der Waals surface area contributed by atoms with Crippen LogP contribution in [0.3, 0.4) is 0 Å². The molecular formula is C23H21F6N3O. The summed E-state index contributed by atoms with van der Waals surface area (Å²) in [6.07, 6.45) is -5.40. The summed E-state index contributed by atoms with van der Waals surface area (Å²) < 4.78 is 80.1. The molecule has 0 fully saturated rings. The number of hydrogen-bond acceptors (Lipinski definition) is 2. The average Bonchev–Trinajstić information content (AvgIpc) is 3.16. The molecule has 1 amide bonds. The smallest absolute Gasteiger partial charge is 0.334 e. The minimum atomic E-state index is -4.55. The van der Waals surface area contributed by atoms with Crippen LogP contribution in [-0.2, 0) is 43.7 Å². The Labute approximate surface area is 186 Å². The van der Waals surface area contributed by atoms with Gasteiger partial charge in [-0.1, -0.05) is 24.3 Å². The zero-order chi connectivity index (χ0) is 24.2. The standard InChI is InChI=1S/C23H21F6N3O/c1-31-13-18(12-30-31)8-9-21(33)32(14-16-4-2-6-19(10-16)22(24,25)26)15-17-5-3-7-20(11-17)23(27,28)29/h2-7,10-13H,8-9,14-15H2,1H3. The van der Waals surface area contributed by atoms with Crippen molar-refractivity contribution in [1.82, 2.24) is 14.7 Å². The molecule has 4 nitrogen and oxygen atoms in total. The van der Waals surface area contributed by atoms with Crippen LogP contribution < -0.4 is 0 Å². The van der Waals surface area contributed by atoms with Crippen molar-refractivity contribution in [2.24, 2.45) is 7.05 Å². The number of hydrogen-bond donors (Lipinski definition) is 0. The van der Waals surface area contributed by atoms with Crippen molar-refractivity contribution in [3.05, 3.63) is 88.7 Å². The minimum absolute atomic E-state index is 0.0314. The van der Waals surface area contributed by atoms with Gasteiger partial charge in [0.2, 0.25) is 5.91 Å². The Morgan fingerprint density at radius 2 is 1.39 bits per heavy atom. The Bertz CT molecular complexity index is 1040. The molecule has 2 aromatic carbocycles. The average molecular weight is 469 g/mol. The van der Waals surface area contributed by atoms with Crippen LogP contribution in [0.2, 0.25) is 0 Å². The van der Waals surface area contributed by atoms with Gasteiger partial charge in [-0.3, -0.25) is 9.48 Å². The number of amides is 1. The zero-order valence-corrected chi connectivity index (χ0v) is 17.6. The molecule has 0 radical (unpaired) electrons. The summed E-state index contributed by atoms with van der Waals surface area (Å²) in [5, 5.41) is 4.02. The van der Waals surface area contributed by atoms with E-state index in [2.05, 4.69) is 5.10 Å². The first-order chi connectivity index (χ1) is 15.4. The van der Waals surface area contributed by atoms with E-state index in [9.17, 15) is 31.1 Å². The van der Waals surface area contributed by atoms with Crippen molar-refractivity contribution in [1.29, 1.82) is 0 Å². The summed E-state index contributed by atoms with van der Waals surface area (Å²) in [7, 11) is 1.72.